The molecule has 3 N–H and O–H groups in total. The van der Waals surface area contributed by atoms with E-state index in [1.54, 1.807) is 6.92 Å². The standard InChI is InChI=1S/C31H47N3O6/c1-6-7-26(29(38)39)33-28(37)18(2)32-27(36)17-40-34-21-12-14-30(4)20(16-21)8-9-22-24-11-10-23(19(3)35)31(24,5)15-13-25(22)30/h16,18,22-26H,6-15,17H2,1-5H3,(H,32,36)(H,33,37)(H,38,39)/b34-21+/t18-,22-,23+,24-,25-,26-,30-,31+/m0/s1. The molecule has 0 spiro atoms. The van der Waals surface area contributed by atoms with E-state index >= 15 is 0 Å². The summed E-state index contributed by atoms with van der Waals surface area (Å²) >= 11 is 0. The molecule has 0 unspecified atom stereocenters. The monoisotopic (exact) mass is 557 g/mol. The first-order valence-electron chi connectivity index (χ1n) is 15.1. The van der Waals surface area contributed by atoms with Crippen LogP contribution < -0.4 is 10.6 Å². The van der Waals surface area contributed by atoms with Crippen LogP contribution in [-0.4, -0.2) is 53.1 Å². The second kappa shape index (κ2) is 12.0. The van der Waals surface area contributed by atoms with Gasteiger partial charge < -0.3 is 20.6 Å². The third-order valence-corrected chi connectivity index (χ3v) is 10.8. The maximum atomic E-state index is 12.4. The largest absolute Gasteiger partial charge is 0.480 e. The predicted octanol–water partition coefficient (Wildman–Crippen LogP) is 4.40. The van der Waals surface area contributed by atoms with Crippen molar-refractivity contribution in [2.45, 2.75) is 111 Å². The Hall–Kier alpha value is -2.71. The minimum atomic E-state index is -1.10. The highest BCUT2D eigenvalue weighted by Gasteiger charge is 2.59. The Balaban J connectivity index is 1.31. The number of carbonyl (C=O) groups excluding carboxylic acids is 3. The SMILES string of the molecule is CCC[C@H](NC(=O)[C@H](C)NC(=O)CO/N=C1/C=C2CC[C@H]3[C@@H]4CC[C@H](C(C)=O)[C@@]4(C)CC[C@@H]3[C@@]2(C)CC1)C(=O)O. The normalized spacial score (nSPS) is 35.3. The van der Waals surface area contributed by atoms with E-state index in [0.717, 1.165) is 44.2 Å². The highest BCUT2D eigenvalue weighted by molar-refractivity contribution is 5.96. The topological polar surface area (TPSA) is 134 Å². The third-order valence-electron chi connectivity index (χ3n) is 10.8. The van der Waals surface area contributed by atoms with E-state index < -0.39 is 29.9 Å². The highest BCUT2D eigenvalue weighted by atomic mass is 16.6. The lowest BCUT2D eigenvalue weighted by atomic mass is 9.46. The number of aliphatic carboxylic acids is 1. The summed E-state index contributed by atoms with van der Waals surface area (Å²) in [4.78, 5) is 53.7. The number of Topliss-reactive ketones (excluding diaryl/α,β-unsaturated/α-hetero) is 1. The van der Waals surface area contributed by atoms with Crippen molar-refractivity contribution in [3.05, 3.63) is 11.6 Å². The predicted molar refractivity (Wildman–Crippen MR) is 151 cm³/mol. The number of rotatable bonds is 10. The summed E-state index contributed by atoms with van der Waals surface area (Å²) in [5.41, 5.74) is 2.57. The summed E-state index contributed by atoms with van der Waals surface area (Å²) in [5.74, 6) is 0.407. The molecule has 0 aromatic carbocycles. The van der Waals surface area contributed by atoms with E-state index in [1.165, 1.54) is 25.3 Å². The Labute approximate surface area is 237 Å². The maximum Gasteiger partial charge on any atom is 0.326 e. The summed E-state index contributed by atoms with van der Waals surface area (Å²) in [7, 11) is 0. The molecule has 9 heteroatoms. The number of amides is 2. The van der Waals surface area contributed by atoms with Gasteiger partial charge in [-0.1, -0.05) is 37.9 Å². The molecule has 8 atom stereocenters. The van der Waals surface area contributed by atoms with Crippen LogP contribution in [0.2, 0.25) is 0 Å². The van der Waals surface area contributed by atoms with Gasteiger partial charge in [-0.2, -0.15) is 0 Å². The molecule has 222 valence electrons. The van der Waals surface area contributed by atoms with Gasteiger partial charge >= 0.3 is 5.97 Å². The van der Waals surface area contributed by atoms with Gasteiger partial charge in [0.25, 0.3) is 5.91 Å². The number of nitrogens with one attached hydrogen (secondary N) is 2. The van der Waals surface area contributed by atoms with Gasteiger partial charge in [0.15, 0.2) is 6.61 Å². The number of carboxylic acids is 1. The van der Waals surface area contributed by atoms with Crippen LogP contribution in [0, 0.1) is 34.5 Å². The second-order valence-electron chi connectivity index (χ2n) is 13.1. The fourth-order valence-corrected chi connectivity index (χ4v) is 8.68. The first-order chi connectivity index (χ1) is 18.9. The van der Waals surface area contributed by atoms with Crippen LogP contribution in [0.3, 0.4) is 0 Å². The molecule has 0 saturated heterocycles. The maximum absolute atomic E-state index is 12.4. The number of ketones is 1. The molecule has 0 heterocycles. The van der Waals surface area contributed by atoms with Crippen molar-refractivity contribution in [2.24, 2.45) is 39.7 Å². The Kier molecular flexibility index (Phi) is 9.10. The number of fused-ring (bicyclic) bond motifs is 5. The van der Waals surface area contributed by atoms with Crippen molar-refractivity contribution in [2.75, 3.05) is 6.61 Å². The van der Waals surface area contributed by atoms with Crippen molar-refractivity contribution in [1.82, 2.24) is 10.6 Å². The molecule has 0 bridgehead atoms. The Morgan fingerprint density at radius 2 is 1.82 bits per heavy atom. The molecule has 0 aromatic heterocycles. The van der Waals surface area contributed by atoms with E-state index in [2.05, 4.69) is 35.7 Å². The van der Waals surface area contributed by atoms with Gasteiger partial charge in [0, 0.05) is 5.92 Å². The van der Waals surface area contributed by atoms with Gasteiger partial charge in [0.1, 0.15) is 17.9 Å². The van der Waals surface area contributed by atoms with Gasteiger partial charge in [-0.15, -0.1) is 0 Å². The molecule has 3 fully saturated rings. The van der Waals surface area contributed by atoms with Crippen LogP contribution >= 0.6 is 0 Å². The van der Waals surface area contributed by atoms with Crippen LogP contribution in [0.25, 0.3) is 0 Å². The minimum absolute atomic E-state index is 0.142. The lowest BCUT2D eigenvalue weighted by Gasteiger charge is -2.58. The molecular weight excluding hydrogens is 510 g/mol. The summed E-state index contributed by atoms with van der Waals surface area (Å²) in [6, 6.07) is -1.87. The lowest BCUT2D eigenvalue weighted by molar-refractivity contribution is -0.142. The van der Waals surface area contributed by atoms with E-state index in [-0.39, 0.29) is 23.4 Å². The molecule has 0 aromatic rings. The van der Waals surface area contributed by atoms with Crippen molar-refractivity contribution in [3.63, 3.8) is 0 Å². The number of nitrogens with zero attached hydrogens (tertiary/aromatic N) is 1. The zero-order valence-electron chi connectivity index (χ0n) is 24.8. The zero-order valence-corrected chi connectivity index (χ0v) is 24.8. The van der Waals surface area contributed by atoms with Crippen LogP contribution in [0.4, 0.5) is 0 Å². The highest BCUT2D eigenvalue weighted by Crippen LogP contribution is 2.66. The van der Waals surface area contributed by atoms with Gasteiger partial charge in [-0.3, -0.25) is 14.4 Å². The number of hydrogen-bond donors (Lipinski definition) is 3. The summed E-state index contributed by atoms with van der Waals surface area (Å²) in [6.07, 6.45) is 11.6. The molecule has 0 aliphatic heterocycles. The minimum Gasteiger partial charge on any atom is -0.480 e. The number of allylic oxidation sites excluding steroid dienone is 2. The van der Waals surface area contributed by atoms with Gasteiger partial charge in [0.2, 0.25) is 5.91 Å². The first kappa shape index (κ1) is 30.3. The quantitative estimate of drug-likeness (QED) is 0.341. The Bertz CT molecular complexity index is 1080. The van der Waals surface area contributed by atoms with E-state index in [9.17, 15) is 24.3 Å². The molecule has 9 nitrogen and oxygen atoms in total. The van der Waals surface area contributed by atoms with Crippen LogP contribution in [0.15, 0.2) is 16.8 Å². The third kappa shape index (κ3) is 5.84. The van der Waals surface area contributed by atoms with Crippen molar-refractivity contribution in [3.8, 4) is 0 Å². The fraction of sp³-hybridized carbons (Fsp3) is 0.774. The molecule has 40 heavy (non-hydrogen) atoms. The van der Waals surface area contributed by atoms with Crippen LogP contribution in [0.1, 0.15) is 98.8 Å². The smallest absolute Gasteiger partial charge is 0.326 e. The number of carboxylic acid groups (broad SMARTS) is 1. The van der Waals surface area contributed by atoms with E-state index in [0.29, 0.717) is 36.4 Å². The molecule has 4 aliphatic rings. The van der Waals surface area contributed by atoms with Crippen molar-refractivity contribution in [1.29, 1.82) is 0 Å². The molecular formula is C31H47N3O6. The Morgan fingerprint density at radius 3 is 2.50 bits per heavy atom. The van der Waals surface area contributed by atoms with Gasteiger partial charge in [-0.25, -0.2) is 4.79 Å². The van der Waals surface area contributed by atoms with Gasteiger partial charge in [-0.05, 0) is 106 Å². The van der Waals surface area contributed by atoms with E-state index in [1.807, 2.05) is 6.92 Å². The Morgan fingerprint density at radius 1 is 1.07 bits per heavy atom. The average Bonchev–Trinajstić information content (AvgIpc) is 3.26. The number of carbonyl (C=O) groups is 4. The summed E-state index contributed by atoms with van der Waals surface area (Å²) in [6.45, 7) is 9.61. The summed E-state index contributed by atoms with van der Waals surface area (Å²) < 4.78 is 0. The fourth-order valence-electron chi connectivity index (χ4n) is 8.68. The first-order valence-corrected chi connectivity index (χ1v) is 15.1. The molecule has 0 radical (unpaired) electrons. The van der Waals surface area contributed by atoms with Crippen LogP contribution in [-0.2, 0) is 24.0 Å². The van der Waals surface area contributed by atoms with Crippen LogP contribution in [0.5, 0.6) is 0 Å². The summed E-state index contributed by atoms with van der Waals surface area (Å²) in [5, 5.41) is 18.5. The number of oxime groups is 1. The molecule has 4 rings (SSSR count). The second-order valence-corrected chi connectivity index (χ2v) is 13.1. The lowest BCUT2D eigenvalue weighted by Crippen LogP contribution is -2.51. The average molecular weight is 558 g/mol. The van der Waals surface area contributed by atoms with Crippen molar-refractivity contribution >= 4 is 29.3 Å². The number of hydrogen-bond acceptors (Lipinski definition) is 6. The van der Waals surface area contributed by atoms with E-state index in [4.69, 9.17) is 4.84 Å². The molecule has 2 amide bonds. The zero-order chi connectivity index (χ0) is 29.2. The van der Waals surface area contributed by atoms with Gasteiger partial charge in [0.05, 0.1) is 5.71 Å². The molecule has 4 aliphatic carbocycles. The molecule has 3 saturated carbocycles. The van der Waals surface area contributed by atoms with Crippen molar-refractivity contribution < 1.29 is 29.1 Å².